The van der Waals surface area contributed by atoms with Crippen molar-refractivity contribution in [1.29, 1.82) is 0 Å². The highest BCUT2D eigenvalue weighted by molar-refractivity contribution is 7.91. The quantitative estimate of drug-likeness (QED) is 0.358. The molecule has 1 aliphatic rings. The number of nitrogens with zero attached hydrogens (tertiary/aromatic N) is 2. The first-order valence-corrected chi connectivity index (χ1v) is 14.3. The van der Waals surface area contributed by atoms with Crippen LogP contribution >= 0.6 is 0 Å². The lowest BCUT2D eigenvalue weighted by atomic mass is 9.81. The predicted molar refractivity (Wildman–Crippen MR) is 139 cm³/mol. The van der Waals surface area contributed by atoms with Crippen molar-refractivity contribution in [3.05, 3.63) is 36.3 Å². The van der Waals surface area contributed by atoms with Crippen LogP contribution in [0.5, 0.6) is 0 Å². The number of pyridine rings is 1. The lowest BCUT2D eigenvalue weighted by Crippen LogP contribution is -2.42. The summed E-state index contributed by atoms with van der Waals surface area (Å²) in [6, 6.07) is 3.19. The zero-order valence-corrected chi connectivity index (χ0v) is 22.8. The molecule has 2 N–H and O–H groups in total. The van der Waals surface area contributed by atoms with Gasteiger partial charge >= 0.3 is 6.18 Å². The van der Waals surface area contributed by atoms with Crippen molar-refractivity contribution in [2.75, 3.05) is 12.3 Å². The van der Waals surface area contributed by atoms with Gasteiger partial charge in [-0.3, -0.25) is 9.98 Å². The molecule has 1 atom stereocenters. The topological polar surface area (TPSA) is 83.5 Å². The van der Waals surface area contributed by atoms with Crippen LogP contribution < -0.4 is 10.6 Å². The van der Waals surface area contributed by atoms with E-state index in [1.165, 1.54) is 6.20 Å². The molecule has 0 aliphatic heterocycles. The average Bonchev–Trinajstić information content (AvgIpc) is 2.81. The standard InChI is InChI=1S/C26H41F3N4O2S/c1-7-36(34,35)23-13-12-22(30-16-23)15-33-25(5,6)17-32-19(4)24(18(2)3)31-14-20-8-10-21(11-9-20)26(27,28)29/h12-13,16-18,20-21,24,31,33H,4,7-11,14-15H2,1-3,5-6H3/b32-17-/t20-,21-,24-/m0/s1. The van der Waals surface area contributed by atoms with E-state index in [9.17, 15) is 21.6 Å². The average molecular weight is 531 g/mol. The lowest BCUT2D eigenvalue weighted by Gasteiger charge is -2.32. The third-order valence-corrected chi connectivity index (χ3v) is 8.50. The van der Waals surface area contributed by atoms with Gasteiger partial charge in [-0.1, -0.05) is 27.4 Å². The van der Waals surface area contributed by atoms with Crippen LogP contribution in [0.4, 0.5) is 13.2 Å². The Hall–Kier alpha value is -1.78. The van der Waals surface area contributed by atoms with Gasteiger partial charge in [-0.25, -0.2) is 8.42 Å². The van der Waals surface area contributed by atoms with Crippen LogP contribution in [0.3, 0.4) is 0 Å². The number of rotatable bonds is 12. The third kappa shape index (κ3) is 9.27. The second-order valence-corrected chi connectivity index (χ2v) is 12.9. The van der Waals surface area contributed by atoms with E-state index in [1.807, 2.05) is 13.8 Å². The Labute approximate surface area is 214 Å². The van der Waals surface area contributed by atoms with E-state index in [0.717, 1.165) is 0 Å². The highest BCUT2D eigenvalue weighted by Gasteiger charge is 2.41. The van der Waals surface area contributed by atoms with Crippen molar-refractivity contribution in [2.45, 2.75) is 89.5 Å². The molecule has 1 heterocycles. The number of hydrogen-bond acceptors (Lipinski definition) is 6. The number of aliphatic imine (C=N–C) groups is 1. The summed E-state index contributed by atoms with van der Waals surface area (Å²) in [4.78, 5) is 9.07. The zero-order chi connectivity index (χ0) is 27.1. The number of alkyl halides is 3. The summed E-state index contributed by atoms with van der Waals surface area (Å²) in [6.45, 7) is 14.9. The number of halogens is 3. The Morgan fingerprint density at radius 3 is 2.36 bits per heavy atom. The van der Waals surface area contributed by atoms with E-state index in [4.69, 9.17) is 0 Å². The molecule has 6 nitrogen and oxygen atoms in total. The van der Waals surface area contributed by atoms with Crippen LogP contribution in [0.1, 0.15) is 66.0 Å². The molecule has 10 heteroatoms. The summed E-state index contributed by atoms with van der Waals surface area (Å²) in [5.41, 5.74) is 0.916. The molecule has 36 heavy (non-hydrogen) atoms. The molecule has 0 unspecified atom stereocenters. The van der Waals surface area contributed by atoms with Crippen LogP contribution in [0.2, 0.25) is 0 Å². The Morgan fingerprint density at radius 1 is 1.22 bits per heavy atom. The maximum atomic E-state index is 12.9. The first-order chi connectivity index (χ1) is 16.6. The SMILES string of the molecule is C=C(/N=C\C(C)(C)NCc1ccc(S(=O)(=O)CC)cn1)[C@@H](NC[C@H]1CC[C@H](C(F)(F)F)CC1)C(C)C. The van der Waals surface area contributed by atoms with E-state index in [1.54, 1.807) is 25.3 Å². The highest BCUT2D eigenvalue weighted by atomic mass is 32.2. The van der Waals surface area contributed by atoms with Crippen molar-refractivity contribution in [2.24, 2.45) is 22.7 Å². The molecule has 0 bridgehead atoms. The molecule has 0 radical (unpaired) electrons. The highest BCUT2D eigenvalue weighted by Crippen LogP contribution is 2.39. The Balaban J connectivity index is 1.88. The normalized spacial score (nSPS) is 20.7. The van der Waals surface area contributed by atoms with Crippen LogP contribution in [-0.4, -0.2) is 49.7 Å². The van der Waals surface area contributed by atoms with Gasteiger partial charge in [-0.15, -0.1) is 0 Å². The maximum absolute atomic E-state index is 12.9. The van der Waals surface area contributed by atoms with E-state index < -0.39 is 27.5 Å². The van der Waals surface area contributed by atoms with E-state index >= 15 is 0 Å². The summed E-state index contributed by atoms with van der Waals surface area (Å²) in [5.74, 6) is -0.683. The minimum atomic E-state index is -4.09. The molecule has 1 fully saturated rings. The van der Waals surface area contributed by atoms with Crippen molar-refractivity contribution in [1.82, 2.24) is 15.6 Å². The molecule has 1 saturated carbocycles. The van der Waals surface area contributed by atoms with Crippen molar-refractivity contribution >= 4 is 16.1 Å². The second-order valence-electron chi connectivity index (χ2n) is 10.6. The summed E-state index contributed by atoms with van der Waals surface area (Å²) >= 11 is 0. The van der Waals surface area contributed by atoms with Crippen molar-refractivity contribution in [3.63, 3.8) is 0 Å². The van der Waals surface area contributed by atoms with Gasteiger partial charge in [0.1, 0.15) is 0 Å². The van der Waals surface area contributed by atoms with E-state index in [-0.39, 0.29) is 41.4 Å². The largest absolute Gasteiger partial charge is 0.391 e. The van der Waals surface area contributed by atoms with Gasteiger partial charge in [-0.05, 0) is 70.0 Å². The van der Waals surface area contributed by atoms with Gasteiger partial charge in [0, 0.05) is 24.5 Å². The third-order valence-electron chi connectivity index (χ3n) is 6.78. The molecule has 0 amide bonds. The first kappa shape index (κ1) is 30.4. The Bertz CT molecular complexity index is 981. The van der Waals surface area contributed by atoms with Gasteiger partial charge in [0.25, 0.3) is 0 Å². The number of nitrogens with one attached hydrogen (secondary N) is 2. The molecular weight excluding hydrogens is 489 g/mol. The first-order valence-electron chi connectivity index (χ1n) is 12.6. The van der Waals surface area contributed by atoms with Crippen LogP contribution in [-0.2, 0) is 16.4 Å². The fraction of sp³-hybridized carbons (Fsp3) is 0.692. The van der Waals surface area contributed by atoms with Gasteiger partial charge < -0.3 is 10.6 Å². The van der Waals surface area contributed by atoms with Crippen molar-refractivity contribution < 1.29 is 21.6 Å². The van der Waals surface area contributed by atoms with Crippen molar-refractivity contribution in [3.8, 4) is 0 Å². The molecular formula is C26H41F3N4O2S. The number of hydrogen-bond donors (Lipinski definition) is 2. The Kier molecular flexibility index (Phi) is 10.7. The molecule has 204 valence electrons. The van der Waals surface area contributed by atoms with Crippen LogP contribution in [0, 0.1) is 17.8 Å². The smallest absolute Gasteiger partial charge is 0.308 e. The number of sulfone groups is 1. The molecule has 1 aromatic rings. The monoisotopic (exact) mass is 530 g/mol. The summed E-state index contributed by atoms with van der Waals surface area (Å²) in [5, 5.41) is 6.84. The van der Waals surface area contributed by atoms with E-state index in [0.29, 0.717) is 37.3 Å². The van der Waals surface area contributed by atoms with Gasteiger partial charge in [0.15, 0.2) is 9.84 Å². The molecule has 1 aliphatic carbocycles. The molecule has 0 saturated heterocycles. The minimum Gasteiger partial charge on any atom is -0.308 e. The van der Waals surface area contributed by atoms with Crippen LogP contribution in [0.25, 0.3) is 0 Å². The fourth-order valence-corrected chi connectivity index (χ4v) is 5.10. The van der Waals surface area contributed by atoms with Gasteiger partial charge in [0.2, 0.25) is 0 Å². The zero-order valence-electron chi connectivity index (χ0n) is 22.0. The summed E-state index contributed by atoms with van der Waals surface area (Å²) in [7, 11) is -3.28. The molecule has 0 spiro atoms. The Morgan fingerprint density at radius 2 is 1.86 bits per heavy atom. The fourth-order valence-electron chi connectivity index (χ4n) is 4.28. The summed E-state index contributed by atoms with van der Waals surface area (Å²) in [6.07, 6.45) is 0.643. The van der Waals surface area contributed by atoms with E-state index in [2.05, 4.69) is 41.0 Å². The van der Waals surface area contributed by atoms with Gasteiger partial charge in [0.05, 0.1) is 34.0 Å². The second kappa shape index (κ2) is 12.6. The lowest BCUT2D eigenvalue weighted by molar-refractivity contribution is -0.183. The molecule has 2 rings (SSSR count). The predicted octanol–water partition coefficient (Wildman–Crippen LogP) is 5.31. The van der Waals surface area contributed by atoms with Crippen LogP contribution in [0.15, 0.2) is 40.5 Å². The van der Waals surface area contributed by atoms with Gasteiger partial charge in [-0.2, -0.15) is 13.2 Å². The molecule has 1 aromatic heterocycles. The minimum absolute atomic E-state index is 0.0328. The summed E-state index contributed by atoms with van der Waals surface area (Å²) < 4.78 is 62.7. The molecule has 0 aromatic carbocycles. The maximum Gasteiger partial charge on any atom is 0.391 e. The number of aromatic nitrogens is 1.